The largest absolute Gasteiger partial charge is 0.382 e. The molecule has 0 unspecified atom stereocenters. The van der Waals surface area contributed by atoms with Gasteiger partial charge in [-0.05, 0) is 38.1 Å². The maximum absolute atomic E-state index is 14.4. The molecule has 41 heteroatoms. The van der Waals surface area contributed by atoms with E-state index in [0.29, 0.717) is 0 Å². The van der Waals surface area contributed by atoms with Crippen LogP contribution in [0.1, 0.15) is 11.1 Å². The van der Waals surface area contributed by atoms with Gasteiger partial charge in [0, 0.05) is 135 Å². The summed E-state index contributed by atoms with van der Waals surface area (Å²) in [6, 6.07) is 12.0. The topological polar surface area (TPSA) is 391 Å². The van der Waals surface area contributed by atoms with Crippen molar-refractivity contribution in [2.24, 2.45) is 0 Å². The molecule has 0 saturated carbocycles. The van der Waals surface area contributed by atoms with E-state index in [0.717, 1.165) is 11.1 Å². The lowest BCUT2D eigenvalue weighted by Crippen LogP contribution is -2.69. The Hall–Kier alpha value is -3.06. The Labute approximate surface area is 678 Å². The van der Waals surface area contributed by atoms with Gasteiger partial charge in [-0.25, -0.2) is 0 Å². The summed E-state index contributed by atoms with van der Waals surface area (Å²) in [6.07, 6.45) is -43.5. The van der Waals surface area contributed by atoms with Crippen molar-refractivity contribution in [1.29, 1.82) is 0 Å². The van der Waals surface area contributed by atoms with E-state index in [4.69, 9.17) is 165 Å². The van der Waals surface area contributed by atoms with Crippen molar-refractivity contribution < 1.29 is 182 Å². The van der Waals surface area contributed by atoms with Gasteiger partial charge in [-0.2, -0.15) is 16.8 Å². The second-order valence-electron chi connectivity index (χ2n) is 28.7. The zero-order valence-electron chi connectivity index (χ0n) is 69.5. The maximum Gasteiger partial charge on any atom is 0.297 e. The molecule has 2 aromatic carbocycles. The van der Waals surface area contributed by atoms with E-state index in [2.05, 4.69) is 0 Å². The van der Waals surface area contributed by atoms with E-state index >= 15 is 0 Å². The predicted molar refractivity (Wildman–Crippen MR) is 394 cm³/mol. The fraction of sp³-hybridized carbons (Fsp3) is 0.840. The van der Waals surface area contributed by atoms with E-state index in [1.165, 1.54) is 159 Å². The lowest BCUT2D eigenvalue weighted by molar-refractivity contribution is -0.402. The van der Waals surface area contributed by atoms with Crippen LogP contribution in [0.15, 0.2) is 58.3 Å². The summed E-state index contributed by atoms with van der Waals surface area (Å²) in [5.41, 5.74) is 1.55. The van der Waals surface area contributed by atoms with Crippen LogP contribution in [0.2, 0.25) is 0 Å². The normalized spacial score (nSPS) is 41.0. The third-order valence-electron chi connectivity index (χ3n) is 22.0. The Kier molecular flexibility index (Phi) is 36.5. The van der Waals surface area contributed by atoms with Gasteiger partial charge in [0.2, 0.25) is 0 Å². The average molecular weight is 1710 g/mol. The molecule has 0 aliphatic carbocycles. The minimum absolute atomic E-state index is 0.0934. The molecular formula is C75H120O39S2. The molecule has 0 spiro atoms. The van der Waals surface area contributed by atoms with Crippen LogP contribution in [0.4, 0.5) is 0 Å². The molecular weight excluding hydrogens is 1590 g/mol. The second-order valence-corrected chi connectivity index (χ2v) is 31.9. The van der Waals surface area contributed by atoms with Crippen LogP contribution in [-0.2, 0) is 185 Å². The van der Waals surface area contributed by atoms with Crippen molar-refractivity contribution in [3.63, 3.8) is 0 Å². The van der Waals surface area contributed by atoms with Crippen molar-refractivity contribution in [2.45, 2.75) is 239 Å². The van der Waals surface area contributed by atoms with Crippen molar-refractivity contribution in [3.05, 3.63) is 59.7 Å². The summed E-state index contributed by atoms with van der Waals surface area (Å²) < 4.78 is 285. The Balaban J connectivity index is 1.11. The van der Waals surface area contributed by atoms with Crippen LogP contribution >= 0.6 is 0 Å². The van der Waals surface area contributed by atoms with Gasteiger partial charge in [0.1, 0.15) is 171 Å². The van der Waals surface area contributed by atoms with Crippen LogP contribution < -0.4 is 0 Å². The Morgan fingerprint density at radius 3 is 0.500 bits per heavy atom. The molecule has 0 amide bonds. The number of hydrogen-bond acceptors (Lipinski definition) is 39. The van der Waals surface area contributed by atoms with Crippen molar-refractivity contribution in [2.75, 3.05) is 181 Å². The molecule has 21 fully saturated rings. The predicted octanol–water partition coefficient (Wildman–Crippen LogP) is 0.641. The Morgan fingerprint density at radius 2 is 0.362 bits per heavy atom. The van der Waals surface area contributed by atoms with Crippen molar-refractivity contribution >= 4 is 20.2 Å². The first-order valence-electron chi connectivity index (χ1n) is 37.9. The molecule has 35 atom stereocenters. The molecule has 666 valence electrons. The minimum Gasteiger partial charge on any atom is -0.382 e. The first-order valence-corrected chi connectivity index (χ1v) is 40.7. The number of aryl methyl sites for hydroxylation is 2. The monoisotopic (exact) mass is 1710 g/mol. The molecule has 23 rings (SSSR count). The standard InChI is InChI=1S/C75H120O39S2/c1-37-22-26-39(27-23-37)115(76,77)99-35-46-53-60(90-13)68(98-21)75(107-46)114-54-47(36-100-116(78,79)40-28-24-38(2)25-29-40)106-74(67(97-20)61(54)91-14)112-52-45(34-84-7)104-72(65(95-18)59(52)89-12)110-50-43(32-82-5)102-70(63(93-16)57(50)87-10)108-48-41(30-80-3)101-69(62(92-15)55(48)85-8)109-49-42(31-81-4)103-71(64(94-17)56(49)86-9)111-51-44(33-83-6)105-73(113-53)66(96-19)58(51)88-11/h22-29,41-75H,30-36H2,1-21H3/t41-,42+,43-,44+,45-,46+,47-,48+,49+,50+,51+,52+,53+,54+,55-,56+,57-,58-,59-,60-,61-,62+,63+,64-,65+,66-,67+,68+,69+,70+,71+,72+,73+,74+,75+/m0/s1. The number of ether oxygens (including phenoxy) is 33. The summed E-state index contributed by atoms with van der Waals surface area (Å²) in [7, 11) is 18.0. The van der Waals surface area contributed by atoms with Crippen LogP contribution in [0.3, 0.4) is 0 Å². The van der Waals surface area contributed by atoms with Crippen molar-refractivity contribution in [1.82, 2.24) is 0 Å². The summed E-state index contributed by atoms with van der Waals surface area (Å²) in [6.45, 7) is 1.33. The van der Waals surface area contributed by atoms with Gasteiger partial charge in [0.25, 0.3) is 20.2 Å². The molecule has 21 heterocycles. The van der Waals surface area contributed by atoms with Gasteiger partial charge in [0.05, 0.1) is 56.0 Å². The van der Waals surface area contributed by atoms with Crippen LogP contribution in [0, 0.1) is 13.8 Å². The molecule has 2 aromatic rings. The third kappa shape index (κ3) is 21.1. The van der Waals surface area contributed by atoms with Gasteiger partial charge in [0.15, 0.2) is 44.0 Å². The summed E-state index contributed by atoms with van der Waals surface area (Å²) in [5, 5.41) is 0. The number of hydrogen-bond donors (Lipinski definition) is 0. The first kappa shape index (κ1) is 95.2. The van der Waals surface area contributed by atoms with E-state index in [1.54, 1.807) is 38.1 Å². The lowest BCUT2D eigenvalue weighted by atomic mass is 9.94. The highest BCUT2D eigenvalue weighted by Crippen LogP contribution is 2.44. The zero-order valence-corrected chi connectivity index (χ0v) is 71.1. The minimum atomic E-state index is -4.60. The Morgan fingerprint density at radius 1 is 0.216 bits per heavy atom. The van der Waals surface area contributed by atoms with E-state index in [-0.39, 0.29) is 42.8 Å². The SMILES string of the molecule is COC[C@@H]1O[C@@H]2O[C@H]3[C@H](OC)[C@@H](OC)[C@@H](O[C@H]4[C@@H](OC)[C@H](OC)[C@@H](O[C@H]5[C@H](OC)[C@H](OC)[C@@H](O[C@H]6[C@H](OC)[C@@H](OC)[C@@H](O[C@H]7[C@H](OC)[C@@H](OC)[C@@H](O[C@H]8[C@H](OC)[C@@H](OC)[C@@H](O[C@H]1[C@H](OC)[C@H]2OC)O[C@H]8COC)O[C@H]7COS(=O)(=O)c1ccc(C)cc1)O[C@@H]6COS(=O)(=O)c1ccc(C)cc1)O[C@@H]5COC)O[C@@H]4COC)O[C@H]3COC. The summed E-state index contributed by atoms with van der Waals surface area (Å²) in [5.74, 6) is 0. The molecule has 21 aliphatic heterocycles. The molecule has 14 bridgehead atoms. The van der Waals surface area contributed by atoms with E-state index in [1.807, 2.05) is 0 Å². The molecule has 0 radical (unpaired) electrons. The van der Waals surface area contributed by atoms with Gasteiger partial charge in [-0.3, -0.25) is 8.37 Å². The van der Waals surface area contributed by atoms with Gasteiger partial charge < -0.3 is 156 Å². The van der Waals surface area contributed by atoms with E-state index in [9.17, 15) is 16.8 Å². The summed E-state index contributed by atoms with van der Waals surface area (Å²) in [4.78, 5) is -0.368. The zero-order chi connectivity index (χ0) is 83.9. The molecule has 21 saturated heterocycles. The highest BCUT2D eigenvalue weighted by Gasteiger charge is 2.63. The van der Waals surface area contributed by atoms with Gasteiger partial charge in [-0.15, -0.1) is 0 Å². The van der Waals surface area contributed by atoms with Gasteiger partial charge >= 0.3 is 0 Å². The highest BCUT2D eigenvalue weighted by atomic mass is 32.2. The van der Waals surface area contributed by atoms with Crippen LogP contribution in [-0.4, -0.2) is 413 Å². The Bertz CT molecular complexity index is 3340. The quantitative estimate of drug-likeness (QED) is 0.0907. The first-order chi connectivity index (χ1) is 56.0. The number of benzene rings is 2. The van der Waals surface area contributed by atoms with E-state index < -0.39 is 248 Å². The summed E-state index contributed by atoms with van der Waals surface area (Å²) >= 11 is 0. The maximum atomic E-state index is 14.4. The van der Waals surface area contributed by atoms with Crippen LogP contribution in [0.25, 0.3) is 0 Å². The molecule has 0 aromatic heterocycles. The van der Waals surface area contributed by atoms with Gasteiger partial charge in [-0.1, -0.05) is 35.4 Å². The third-order valence-corrected chi connectivity index (χ3v) is 24.6. The second kappa shape index (κ2) is 44.5. The lowest BCUT2D eigenvalue weighted by Gasteiger charge is -2.52. The van der Waals surface area contributed by atoms with Crippen molar-refractivity contribution in [3.8, 4) is 0 Å². The fourth-order valence-corrected chi connectivity index (χ4v) is 18.2. The highest BCUT2D eigenvalue weighted by molar-refractivity contribution is 7.87. The average Bonchev–Trinajstić information content (AvgIpc) is 0.772. The smallest absolute Gasteiger partial charge is 0.297 e. The fourth-order valence-electron chi connectivity index (χ4n) is 16.4. The van der Waals surface area contributed by atoms with Crippen LogP contribution in [0.5, 0.6) is 0 Å². The molecule has 116 heavy (non-hydrogen) atoms. The number of methoxy groups -OCH3 is 19. The molecule has 39 nitrogen and oxygen atoms in total. The molecule has 21 aliphatic rings. The number of rotatable bonds is 32. The molecule has 0 N–H and O–H groups in total.